The highest BCUT2D eigenvalue weighted by Gasteiger charge is 2.22. The molecule has 0 aliphatic carbocycles. The molecule has 0 fully saturated rings. The van der Waals surface area contributed by atoms with E-state index in [0.717, 1.165) is 0 Å². The van der Waals surface area contributed by atoms with E-state index in [9.17, 15) is 9.59 Å². The fraction of sp³-hybridized carbons (Fsp3) is 0.400. The molecule has 3 rings (SSSR count). The second-order valence-electron chi connectivity index (χ2n) is 7.02. The van der Waals surface area contributed by atoms with Crippen LogP contribution in [0.1, 0.15) is 38.7 Å². The molecule has 2 aromatic heterocycles. The predicted octanol–water partition coefficient (Wildman–Crippen LogP) is 2.70. The molecule has 8 heteroatoms. The van der Waals surface area contributed by atoms with Crippen LogP contribution in [0.4, 0.5) is 5.69 Å². The zero-order valence-electron chi connectivity index (χ0n) is 16.6. The van der Waals surface area contributed by atoms with E-state index < -0.39 is 0 Å². The summed E-state index contributed by atoms with van der Waals surface area (Å²) in [4.78, 5) is 35.4. The number of H-pyrrole nitrogens is 1. The van der Waals surface area contributed by atoms with E-state index >= 15 is 0 Å². The number of aromatic amines is 1. The lowest BCUT2D eigenvalue weighted by atomic mass is 10.1. The number of para-hydroxylation sites is 2. The number of aromatic nitrogens is 4. The molecule has 0 bridgehead atoms. The number of carbonyl (C=O) groups is 1. The zero-order chi connectivity index (χ0) is 20.3. The van der Waals surface area contributed by atoms with E-state index in [1.165, 1.54) is 10.6 Å². The van der Waals surface area contributed by atoms with Crippen LogP contribution in [0.5, 0.6) is 5.75 Å². The van der Waals surface area contributed by atoms with Gasteiger partial charge in [0.15, 0.2) is 0 Å². The van der Waals surface area contributed by atoms with Gasteiger partial charge in [-0.1, -0.05) is 26.0 Å². The van der Waals surface area contributed by atoms with E-state index in [2.05, 4.69) is 15.1 Å². The number of ether oxygens (including phenoxy) is 1. The third-order valence-corrected chi connectivity index (χ3v) is 4.15. The quantitative estimate of drug-likeness (QED) is 0.677. The topological polar surface area (TPSA) is 92.6 Å². The van der Waals surface area contributed by atoms with Gasteiger partial charge in [0.05, 0.1) is 18.8 Å². The van der Waals surface area contributed by atoms with Crippen molar-refractivity contribution in [2.75, 3.05) is 11.5 Å². The molecule has 0 aliphatic heterocycles. The molecule has 0 saturated heterocycles. The van der Waals surface area contributed by atoms with Gasteiger partial charge in [0.2, 0.25) is 5.91 Å². The first-order chi connectivity index (χ1) is 13.4. The number of benzene rings is 1. The number of anilines is 1. The number of rotatable bonds is 7. The summed E-state index contributed by atoms with van der Waals surface area (Å²) < 4.78 is 6.99. The zero-order valence-corrected chi connectivity index (χ0v) is 16.6. The van der Waals surface area contributed by atoms with Crippen molar-refractivity contribution in [3.8, 4) is 5.75 Å². The van der Waals surface area contributed by atoms with Crippen LogP contribution in [-0.4, -0.2) is 32.1 Å². The summed E-state index contributed by atoms with van der Waals surface area (Å²) >= 11 is 0. The summed E-state index contributed by atoms with van der Waals surface area (Å²) in [6, 6.07) is 8.85. The van der Waals surface area contributed by atoms with Crippen LogP contribution in [0, 0.1) is 12.8 Å². The minimum absolute atomic E-state index is 0.0425. The van der Waals surface area contributed by atoms with Crippen molar-refractivity contribution < 1.29 is 9.53 Å². The Kier molecular flexibility index (Phi) is 5.77. The van der Waals surface area contributed by atoms with E-state index in [4.69, 9.17) is 4.74 Å². The fourth-order valence-corrected chi connectivity index (χ4v) is 2.98. The maximum atomic E-state index is 13.0. The standard InChI is InChI=1S/C20H25N5O3/c1-5-28-16-9-7-6-8-15(16)24(18(26)10-13(2)3)12-17-22-20-21-14(4)11-19(27)25(20)23-17/h6-9,11,13H,5,10,12H2,1-4H3,(H,21,22,23). The molecule has 8 nitrogen and oxygen atoms in total. The van der Waals surface area contributed by atoms with Gasteiger partial charge in [-0.05, 0) is 31.9 Å². The van der Waals surface area contributed by atoms with Gasteiger partial charge < -0.3 is 9.64 Å². The van der Waals surface area contributed by atoms with Crippen molar-refractivity contribution in [1.29, 1.82) is 0 Å². The smallest absolute Gasteiger partial charge is 0.274 e. The summed E-state index contributed by atoms with van der Waals surface area (Å²) in [6.45, 7) is 8.31. The highest BCUT2D eigenvalue weighted by atomic mass is 16.5. The molecular weight excluding hydrogens is 358 g/mol. The lowest BCUT2D eigenvalue weighted by molar-refractivity contribution is -0.119. The normalized spacial score (nSPS) is 11.2. The molecule has 0 aliphatic rings. The number of hydrogen-bond donors (Lipinski definition) is 1. The van der Waals surface area contributed by atoms with Crippen LogP contribution in [0.2, 0.25) is 0 Å². The highest BCUT2D eigenvalue weighted by Crippen LogP contribution is 2.30. The Morgan fingerprint density at radius 1 is 1.29 bits per heavy atom. The molecule has 1 amide bonds. The van der Waals surface area contributed by atoms with E-state index in [1.54, 1.807) is 11.8 Å². The number of amides is 1. The monoisotopic (exact) mass is 383 g/mol. The van der Waals surface area contributed by atoms with Crippen molar-refractivity contribution in [3.63, 3.8) is 0 Å². The molecule has 1 N–H and O–H groups in total. The van der Waals surface area contributed by atoms with Crippen LogP contribution >= 0.6 is 0 Å². The number of aryl methyl sites for hydroxylation is 1. The Morgan fingerprint density at radius 3 is 2.75 bits per heavy atom. The summed E-state index contributed by atoms with van der Waals surface area (Å²) in [5.74, 6) is 1.55. The van der Waals surface area contributed by atoms with Crippen molar-refractivity contribution in [2.45, 2.75) is 40.7 Å². The van der Waals surface area contributed by atoms with Gasteiger partial charge in [-0.25, -0.2) is 4.98 Å². The molecule has 2 heterocycles. The molecule has 0 radical (unpaired) electrons. The van der Waals surface area contributed by atoms with Crippen LogP contribution in [0.25, 0.3) is 5.78 Å². The number of nitrogens with zero attached hydrogens (tertiary/aromatic N) is 4. The minimum atomic E-state index is -0.240. The molecule has 3 aromatic rings. The van der Waals surface area contributed by atoms with E-state index in [1.807, 2.05) is 45.0 Å². The predicted molar refractivity (Wildman–Crippen MR) is 107 cm³/mol. The fourth-order valence-electron chi connectivity index (χ4n) is 2.98. The first-order valence-corrected chi connectivity index (χ1v) is 9.36. The number of hydrogen-bond acceptors (Lipinski definition) is 5. The Labute approximate surface area is 163 Å². The molecule has 148 valence electrons. The van der Waals surface area contributed by atoms with Gasteiger partial charge in [-0.3, -0.25) is 14.7 Å². The Hall–Kier alpha value is -3.16. The average Bonchev–Trinajstić information content (AvgIpc) is 3.03. The summed E-state index contributed by atoms with van der Waals surface area (Å²) in [6.07, 6.45) is 0.387. The molecule has 1 aromatic carbocycles. The van der Waals surface area contributed by atoms with Crippen LogP contribution in [-0.2, 0) is 11.3 Å². The van der Waals surface area contributed by atoms with Crippen molar-refractivity contribution >= 4 is 17.4 Å². The molecule has 28 heavy (non-hydrogen) atoms. The highest BCUT2D eigenvalue weighted by molar-refractivity contribution is 5.94. The van der Waals surface area contributed by atoms with Crippen molar-refractivity contribution in [2.24, 2.45) is 5.92 Å². The lowest BCUT2D eigenvalue weighted by Crippen LogP contribution is -2.32. The Balaban J connectivity index is 2.02. The Bertz CT molecular complexity index is 1040. The number of fused-ring (bicyclic) bond motifs is 1. The molecule has 0 saturated carbocycles. The van der Waals surface area contributed by atoms with Gasteiger partial charge in [-0.15, -0.1) is 0 Å². The summed E-state index contributed by atoms with van der Waals surface area (Å²) in [5, 5.41) is 2.95. The Morgan fingerprint density at radius 2 is 2.04 bits per heavy atom. The van der Waals surface area contributed by atoms with E-state index in [-0.39, 0.29) is 29.7 Å². The molecule has 0 unspecified atom stereocenters. The largest absolute Gasteiger partial charge is 0.492 e. The van der Waals surface area contributed by atoms with Crippen LogP contribution < -0.4 is 15.2 Å². The SMILES string of the molecule is CCOc1ccccc1N(Cc1nc2nc(C)cc(=O)n2[nH]1)C(=O)CC(C)C. The van der Waals surface area contributed by atoms with Crippen LogP contribution in [0.15, 0.2) is 35.1 Å². The minimum Gasteiger partial charge on any atom is -0.492 e. The van der Waals surface area contributed by atoms with Gasteiger partial charge in [-0.2, -0.15) is 9.50 Å². The second-order valence-corrected chi connectivity index (χ2v) is 7.02. The van der Waals surface area contributed by atoms with E-state index in [0.29, 0.717) is 36.0 Å². The summed E-state index contributed by atoms with van der Waals surface area (Å²) in [7, 11) is 0. The third kappa shape index (κ3) is 4.21. The summed E-state index contributed by atoms with van der Waals surface area (Å²) in [5.41, 5.74) is 1.03. The molecular formula is C20H25N5O3. The van der Waals surface area contributed by atoms with Crippen molar-refractivity contribution in [1.82, 2.24) is 19.6 Å². The van der Waals surface area contributed by atoms with Crippen molar-refractivity contribution in [3.05, 3.63) is 52.2 Å². The number of carbonyl (C=O) groups excluding carboxylic acids is 1. The van der Waals surface area contributed by atoms with Gasteiger partial charge >= 0.3 is 0 Å². The third-order valence-electron chi connectivity index (χ3n) is 4.15. The number of nitrogens with one attached hydrogen (secondary N) is 1. The maximum absolute atomic E-state index is 13.0. The van der Waals surface area contributed by atoms with Crippen LogP contribution in [0.3, 0.4) is 0 Å². The molecule has 0 atom stereocenters. The maximum Gasteiger partial charge on any atom is 0.274 e. The van der Waals surface area contributed by atoms with Gasteiger partial charge in [0, 0.05) is 18.2 Å². The van der Waals surface area contributed by atoms with Gasteiger partial charge in [0.25, 0.3) is 11.3 Å². The first kappa shape index (κ1) is 19.6. The second kappa shape index (κ2) is 8.24. The molecule has 0 spiro atoms. The lowest BCUT2D eigenvalue weighted by Gasteiger charge is -2.25. The average molecular weight is 383 g/mol. The first-order valence-electron chi connectivity index (χ1n) is 9.36. The van der Waals surface area contributed by atoms with Gasteiger partial charge in [0.1, 0.15) is 11.6 Å².